The first-order valence-electron chi connectivity index (χ1n) is 13.6. The molecule has 2 bridgehead atoms. The minimum absolute atomic E-state index is 0.197. The van der Waals surface area contributed by atoms with Gasteiger partial charge in [-0.05, 0) is 71.3 Å². The van der Waals surface area contributed by atoms with E-state index in [1.807, 2.05) is 13.1 Å². The summed E-state index contributed by atoms with van der Waals surface area (Å²) in [6.07, 6.45) is 13.0. The number of amides is 1. The molecule has 10 heteroatoms. The summed E-state index contributed by atoms with van der Waals surface area (Å²) in [7, 11) is 2.27. The zero-order valence-electron chi connectivity index (χ0n) is 21.4. The van der Waals surface area contributed by atoms with Crippen LogP contribution in [-0.2, 0) is 4.74 Å². The Balaban J connectivity index is 1.10. The fourth-order valence-electron chi connectivity index (χ4n) is 6.07. The van der Waals surface area contributed by atoms with Gasteiger partial charge in [0, 0.05) is 49.7 Å². The predicted octanol–water partition coefficient (Wildman–Crippen LogP) is 4.04. The van der Waals surface area contributed by atoms with E-state index in [1.165, 1.54) is 44.1 Å². The fourth-order valence-corrected chi connectivity index (χ4v) is 6.07. The normalized spacial score (nSPS) is 26.2. The molecule has 1 aliphatic carbocycles. The van der Waals surface area contributed by atoms with Crippen LogP contribution in [-0.4, -0.2) is 81.0 Å². The van der Waals surface area contributed by atoms with Gasteiger partial charge in [-0.3, -0.25) is 4.68 Å². The number of rotatable bonds is 9. The average Bonchev–Trinajstić information content (AvgIpc) is 3.62. The third-order valence-electron chi connectivity index (χ3n) is 8.40. The molecule has 2 unspecified atom stereocenters. The number of aromatic nitrogens is 4. The molecular weight excluding hydrogens is 456 g/mol. The maximum atomic E-state index is 11.9. The molecule has 194 valence electrons. The molecule has 2 aromatic rings. The summed E-state index contributed by atoms with van der Waals surface area (Å²) in [4.78, 5) is 25.7. The van der Waals surface area contributed by atoms with E-state index in [2.05, 4.69) is 38.4 Å². The first kappa shape index (κ1) is 23.5. The highest BCUT2D eigenvalue weighted by Crippen LogP contribution is 2.43. The SMILES string of the molecule is Cc1nn(C2CC3CCC(C2)N3C)cc1Nc1ncc(C2CC2)c(NCCCN2CCCOC2=O)n1. The number of nitrogens with zero attached hydrogens (tertiary/aromatic N) is 6. The van der Waals surface area contributed by atoms with Gasteiger partial charge in [0.2, 0.25) is 5.95 Å². The summed E-state index contributed by atoms with van der Waals surface area (Å²) < 4.78 is 7.30. The Morgan fingerprint density at radius 1 is 1.14 bits per heavy atom. The maximum Gasteiger partial charge on any atom is 0.409 e. The number of carbonyl (C=O) groups excluding carboxylic acids is 1. The number of hydrogen-bond acceptors (Lipinski definition) is 8. The van der Waals surface area contributed by atoms with Crippen molar-refractivity contribution in [1.29, 1.82) is 0 Å². The number of carbonyl (C=O) groups is 1. The van der Waals surface area contributed by atoms with Crippen LogP contribution < -0.4 is 10.6 Å². The smallest absolute Gasteiger partial charge is 0.409 e. The van der Waals surface area contributed by atoms with Gasteiger partial charge < -0.3 is 25.2 Å². The molecule has 0 spiro atoms. The topological polar surface area (TPSA) is 100 Å². The Labute approximate surface area is 212 Å². The monoisotopic (exact) mass is 494 g/mol. The first-order chi connectivity index (χ1) is 17.5. The van der Waals surface area contributed by atoms with E-state index in [0.29, 0.717) is 43.1 Å². The third-order valence-corrected chi connectivity index (χ3v) is 8.40. The van der Waals surface area contributed by atoms with Crippen molar-refractivity contribution in [1.82, 2.24) is 29.5 Å². The summed E-state index contributed by atoms with van der Waals surface area (Å²) in [6, 6.07) is 1.82. The lowest BCUT2D eigenvalue weighted by atomic mass is 9.98. The summed E-state index contributed by atoms with van der Waals surface area (Å²) in [5.74, 6) is 2.03. The lowest BCUT2D eigenvalue weighted by Gasteiger charge is -2.36. The molecule has 3 aliphatic heterocycles. The molecule has 1 saturated carbocycles. The number of cyclic esters (lactones) is 1. The zero-order chi connectivity index (χ0) is 24.6. The molecule has 2 aromatic heterocycles. The van der Waals surface area contributed by atoms with Gasteiger partial charge in [0.1, 0.15) is 5.82 Å². The van der Waals surface area contributed by atoms with Crippen LogP contribution in [0.25, 0.3) is 0 Å². The average molecular weight is 495 g/mol. The summed E-state index contributed by atoms with van der Waals surface area (Å²) in [5.41, 5.74) is 3.13. The van der Waals surface area contributed by atoms with Gasteiger partial charge in [-0.2, -0.15) is 10.1 Å². The van der Waals surface area contributed by atoms with Crippen molar-refractivity contribution in [2.24, 2.45) is 0 Å². The highest BCUT2D eigenvalue weighted by Gasteiger charge is 2.39. The largest absolute Gasteiger partial charge is 0.449 e. The van der Waals surface area contributed by atoms with Gasteiger partial charge >= 0.3 is 6.09 Å². The van der Waals surface area contributed by atoms with Crippen LogP contribution in [0.5, 0.6) is 0 Å². The molecular formula is C26H38N8O2. The van der Waals surface area contributed by atoms with Crippen LogP contribution in [0.3, 0.4) is 0 Å². The number of aryl methyl sites for hydroxylation is 1. The van der Waals surface area contributed by atoms with E-state index >= 15 is 0 Å². The van der Waals surface area contributed by atoms with Crippen molar-refractivity contribution in [3.05, 3.63) is 23.7 Å². The summed E-state index contributed by atoms with van der Waals surface area (Å²) in [6.45, 7) is 4.80. The van der Waals surface area contributed by atoms with Crippen LogP contribution in [0.2, 0.25) is 0 Å². The van der Waals surface area contributed by atoms with E-state index in [-0.39, 0.29) is 6.09 Å². The quantitative estimate of drug-likeness (QED) is 0.504. The van der Waals surface area contributed by atoms with Crippen molar-refractivity contribution in [2.45, 2.75) is 82.3 Å². The first-order valence-corrected chi connectivity index (χ1v) is 13.6. The van der Waals surface area contributed by atoms with E-state index in [1.54, 1.807) is 4.90 Å². The van der Waals surface area contributed by atoms with E-state index in [9.17, 15) is 4.79 Å². The molecule has 10 nitrogen and oxygen atoms in total. The highest BCUT2D eigenvalue weighted by atomic mass is 16.6. The molecule has 6 rings (SSSR count). The fraction of sp³-hybridized carbons (Fsp3) is 0.692. The van der Waals surface area contributed by atoms with E-state index in [0.717, 1.165) is 43.1 Å². The van der Waals surface area contributed by atoms with Gasteiger partial charge in [0.15, 0.2) is 0 Å². The van der Waals surface area contributed by atoms with Gasteiger partial charge in [0.25, 0.3) is 0 Å². The van der Waals surface area contributed by atoms with Crippen LogP contribution in [0.4, 0.5) is 22.2 Å². The third kappa shape index (κ3) is 4.87. The van der Waals surface area contributed by atoms with Crippen molar-refractivity contribution in [2.75, 3.05) is 43.9 Å². The van der Waals surface area contributed by atoms with Gasteiger partial charge in [0.05, 0.1) is 24.0 Å². The van der Waals surface area contributed by atoms with Crippen molar-refractivity contribution in [3.8, 4) is 0 Å². The van der Waals surface area contributed by atoms with Crippen molar-refractivity contribution in [3.63, 3.8) is 0 Å². The number of ether oxygens (including phenoxy) is 1. The second-order valence-corrected chi connectivity index (χ2v) is 10.9. The Bertz CT molecular complexity index is 1090. The zero-order valence-corrected chi connectivity index (χ0v) is 21.4. The molecule has 4 aliphatic rings. The molecule has 5 heterocycles. The lowest BCUT2D eigenvalue weighted by Crippen LogP contribution is -2.40. The van der Waals surface area contributed by atoms with Crippen LogP contribution in [0.15, 0.2) is 12.4 Å². The van der Waals surface area contributed by atoms with Crippen LogP contribution in [0, 0.1) is 6.92 Å². The minimum Gasteiger partial charge on any atom is -0.449 e. The standard InChI is InChI=1S/C26H38N8O2/c1-17-23(16-34(31-17)21-13-19-7-8-20(14-21)32(19)2)29-25-28-15-22(18-5-6-18)24(30-25)27-9-3-10-33-11-4-12-36-26(33)35/h15-16,18-21H,3-14H2,1-2H3,(H2,27,28,29,30). The molecule has 0 radical (unpaired) electrons. The number of fused-ring (bicyclic) bond motifs is 2. The van der Waals surface area contributed by atoms with Gasteiger partial charge in [-0.15, -0.1) is 0 Å². The van der Waals surface area contributed by atoms with Crippen LogP contribution in [0.1, 0.15) is 74.6 Å². The molecule has 2 atom stereocenters. The highest BCUT2D eigenvalue weighted by molar-refractivity contribution is 5.68. The van der Waals surface area contributed by atoms with E-state index in [4.69, 9.17) is 14.8 Å². The Morgan fingerprint density at radius 2 is 1.94 bits per heavy atom. The Hall–Kier alpha value is -2.88. The molecule has 36 heavy (non-hydrogen) atoms. The second-order valence-electron chi connectivity index (χ2n) is 10.9. The number of nitrogens with one attached hydrogen (secondary N) is 2. The second kappa shape index (κ2) is 9.88. The molecule has 4 fully saturated rings. The van der Waals surface area contributed by atoms with Gasteiger partial charge in [-0.1, -0.05) is 0 Å². The van der Waals surface area contributed by atoms with E-state index < -0.39 is 0 Å². The Kier molecular flexibility index (Phi) is 6.45. The molecule has 3 saturated heterocycles. The summed E-state index contributed by atoms with van der Waals surface area (Å²) in [5, 5.41) is 11.8. The van der Waals surface area contributed by atoms with Gasteiger partial charge in [-0.25, -0.2) is 9.78 Å². The van der Waals surface area contributed by atoms with Crippen LogP contribution >= 0.6 is 0 Å². The summed E-state index contributed by atoms with van der Waals surface area (Å²) >= 11 is 0. The maximum absolute atomic E-state index is 11.9. The molecule has 2 N–H and O–H groups in total. The van der Waals surface area contributed by atoms with Crippen molar-refractivity contribution >= 4 is 23.5 Å². The minimum atomic E-state index is -0.197. The molecule has 0 aromatic carbocycles. The van der Waals surface area contributed by atoms with Crippen molar-refractivity contribution < 1.29 is 9.53 Å². The number of piperidine rings is 1. The predicted molar refractivity (Wildman–Crippen MR) is 138 cm³/mol. The number of hydrogen-bond donors (Lipinski definition) is 2. The lowest BCUT2D eigenvalue weighted by molar-refractivity contribution is 0.0729. The number of anilines is 3. The molecule has 1 amide bonds. The Morgan fingerprint density at radius 3 is 2.69 bits per heavy atom.